The fourth-order valence-corrected chi connectivity index (χ4v) is 4.11. The maximum Gasteiger partial charge on any atom is 0.278 e. The number of nitrogens with one attached hydrogen (secondary N) is 2. The third-order valence-electron chi connectivity index (χ3n) is 5.63. The van der Waals surface area contributed by atoms with E-state index in [0.29, 0.717) is 36.0 Å². The summed E-state index contributed by atoms with van der Waals surface area (Å²) in [7, 11) is 1.63. The van der Waals surface area contributed by atoms with Crippen LogP contribution in [0.1, 0.15) is 23.7 Å². The number of benzene rings is 1. The molecular formula is C23H25N7O2. The summed E-state index contributed by atoms with van der Waals surface area (Å²) in [4.78, 5) is 26.7. The smallest absolute Gasteiger partial charge is 0.278 e. The van der Waals surface area contributed by atoms with E-state index in [1.54, 1.807) is 22.7 Å². The van der Waals surface area contributed by atoms with Gasteiger partial charge >= 0.3 is 0 Å². The standard InChI is InChI=1S/C23H25N7O2/c1-3-29-22(31)19-13-25-23(27-17-8-7-15-9-10-24-12-16(15)11-17)28-21(19)30(29)20-6-4-5-18(26-20)14-32-2/h4-8,11,13,24H,3,9-10,12,14H2,1-2H3,(H,25,27,28). The summed E-state index contributed by atoms with van der Waals surface area (Å²) in [6.07, 6.45) is 2.61. The molecule has 2 N–H and O–H groups in total. The summed E-state index contributed by atoms with van der Waals surface area (Å²) in [6.45, 7) is 4.64. The van der Waals surface area contributed by atoms with E-state index in [9.17, 15) is 4.79 Å². The van der Waals surface area contributed by atoms with Gasteiger partial charge in [0.25, 0.3) is 5.56 Å². The number of pyridine rings is 1. The van der Waals surface area contributed by atoms with Crippen LogP contribution >= 0.6 is 0 Å². The Bertz CT molecular complexity index is 1340. The number of anilines is 2. The van der Waals surface area contributed by atoms with Gasteiger partial charge in [-0.2, -0.15) is 4.98 Å². The van der Waals surface area contributed by atoms with Crippen LogP contribution in [0.25, 0.3) is 16.9 Å². The molecule has 4 heterocycles. The Hall–Kier alpha value is -3.56. The highest BCUT2D eigenvalue weighted by Crippen LogP contribution is 2.22. The molecule has 0 amide bonds. The Morgan fingerprint density at radius 1 is 1.19 bits per heavy atom. The first-order valence-electron chi connectivity index (χ1n) is 10.7. The number of rotatable bonds is 6. The van der Waals surface area contributed by atoms with Gasteiger partial charge in [0.2, 0.25) is 5.95 Å². The molecule has 3 aromatic heterocycles. The normalized spacial score (nSPS) is 13.3. The van der Waals surface area contributed by atoms with Gasteiger partial charge in [-0.1, -0.05) is 12.1 Å². The molecule has 0 atom stereocenters. The van der Waals surface area contributed by atoms with Crippen molar-refractivity contribution in [3.8, 4) is 5.82 Å². The Balaban J connectivity index is 1.58. The fraction of sp³-hybridized carbons (Fsp3) is 0.304. The van der Waals surface area contributed by atoms with Crippen LogP contribution in [0.2, 0.25) is 0 Å². The molecule has 0 saturated carbocycles. The molecule has 0 bridgehead atoms. The Morgan fingerprint density at radius 2 is 2.09 bits per heavy atom. The summed E-state index contributed by atoms with van der Waals surface area (Å²) in [5.74, 6) is 1.04. The topological polar surface area (TPSA) is 98.9 Å². The third kappa shape index (κ3) is 3.65. The van der Waals surface area contributed by atoms with Gasteiger partial charge < -0.3 is 15.4 Å². The number of methoxy groups -OCH3 is 1. The lowest BCUT2D eigenvalue weighted by molar-refractivity contribution is 0.181. The lowest BCUT2D eigenvalue weighted by atomic mass is 10.0. The Morgan fingerprint density at radius 3 is 2.94 bits per heavy atom. The average molecular weight is 432 g/mol. The van der Waals surface area contributed by atoms with E-state index in [1.807, 2.05) is 31.2 Å². The second kappa shape index (κ2) is 8.52. The number of fused-ring (bicyclic) bond motifs is 2. The van der Waals surface area contributed by atoms with Crippen LogP contribution in [-0.4, -0.2) is 38.0 Å². The van der Waals surface area contributed by atoms with Gasteiger partial charge in [0, 0.05) is 32.1 Å². The van der Waals surface area contributed by atoms with E-state index in [2.05, 4.69) is 32.7 Å². The molecule has 9 heteroatoms. The van der Waals surface area contributed by atoms with E-state index in [0.717, 1.165) is 30.9 Å². The van der Waals surface area contributed by atoms with Crippen molar-refractivity contribution < 1.29 is 4.74 Å². The third-order valence-corrected chi connectivity index (χ3v) is 5.63. The molecular weight excluding hydrogens is 406 g/mol. The zero-order valence-corrected chi connectivity index (χ0v) is 18.1. The van der Waals surface area contributed by atoms with Crippen LogP contribution in [0.15, 0.2) is 47.4 Å². The summed E-state index contributed by atoms with van der Waals surface area (Å²) in [5, 5.41) is 7.13. The van der Waals surface area contributed by atoms with Crippen LogP contribution in [0.4, 0.5) is 11.6 Å². The molecule has 0 saturated heterocycles. The van der Waals surface area contributed by atoms with Crippen LogP contribution in [0, 0.1) is 0 Å². The number of nitrogens with zero attached hydrogens (tertiary/aromatic N) is 5. The SMILES string of the molecule is CCn1c(=O)c2cnc(Nc3ccc4c(c3)CNCC4)nc2n1-c1cccc(COC)n1. The van der Waals surface area contributed by atoms with E-state index < -0.39 is 0 Å². The summed E-state index contributed by atoms with van der Waals surface area (Å²) in [6, 6.07) is 11.9. The van der Waals surface area contributed by atoms with Gasteiger partial charge in [0.15, 0.2) is 11.5 Å². The summed E-state index contributed by atoms with van der Waals surface area (Å²) >= 11 is 0. The molecule has 0 unspecified atom stereocenters. The number of hydrogen-bond donors (Lipinski definition) is 2. The molecule has 0 fully saturated rings. The molecule has 1 aliphatic rings. The zero-order valence-electron chi connectivity index (χ0n) is 18.1. The van der Waals surface area contributed by atoms with Crippen molar-refractivity contribution in [2.75, 3.05) is 19.0 Å². The van der Waals surface area contributed by atoms with E-state index in [1.165, 1.54) is 11.1 Å². The monoisotopic (exact) mass is 431 g/mol. The van der Waals surface area contributed by atoms with Crippen molar-refractivity contribution in [2.45, 2.75) is 33.0 Å². The predicted molar refractivity (Wildman–Crippen MR) is 122 cm³/mol. The highest BCUT2D eigenvalue weighted by Gasteiger charge is 2.18. The maximum absolute atomic E-state index is 13.0. The van der Waals surface area contributed by atoms with Gasteiger partial charge in [-0.25, -0.2) is 19.3 Å². The van der Waals surface area contributed by atoms with E-state index in [4.69, 9.17) is 9.72 Å². The lowest BCUT2D eigenvalue weighted by Crippen LogP contribution is -2.23. The molecule has 0 radical (unpaired) electrons. The van der Waals surface area contributed by atoms with E-state index in [-0.39, 0.29) is 5.56 Å². The Kier molecular flexibility index (Phi) is 5.42. The Labute approximate surface area is 185 Å². The first kappa shape index (κ1) is 20.3. The van der Waals surface area contributed by atoms with Crippen molar-refractivity contribution in [3.05, 3.63) is 69.8 Å². The van der Waals surface area contributed by atoms with Crippen molar-refractivity contribution in [3.63, 3.8) is 0 Å². The molecule has 32 heavy (non-hydrogen) atoms. The lowest BCUT2D eigenvalue weighted by Gasteiger charge is -2.18. The van der Waals surface area contributed by atoms with Crippen molar-refractivity contribution >= 4 is 22.7 Å². The van der Waals surface area contributed by atoms with Gasteiger partial charge in [-0.05, 0) is 55.3 Å². The molecule has 1 aliphatic heterocycles. The second-order valence-electron chi connectivity index (χ2n) is 7.72. The van der Waals surface area contributed by atoms with Crippen LogP contribution in [-0.2, 0) is 30.9 Å². The summed E-state index contributed by atoms with van der Waals surface area (Å²) < 4.78 is 8.58. The predicted octanol–water partition coefficient (Wildman–Crippen LogP) is 2.53. The highest BCUT2D eigenvalue weighted by atomic mass is 16.5. The first-order chi connectivity index (χ1) is 15.7. The van der Waals surface area contributed by atoms with Crippen LogP contribution in [0.5, 0.6) is 0 Å². The molecule has 164 valence electrons. The fourth-order valence-electron chi connectivity index (χ4n) is 4.11. The average Bonchev–Trinajstić information content (AvgIpc) is 3.10. The molecule has 9 nitrogen and oxygen atoms in total. The van der Waals surface area contributed by atoms with E-state index >= 15 is 0 Å². The molecule has 4 aromatic rings. The minimum atomic E-state index is -0.146. The quantitative estimate of drug-likeness (QED) is 0.484. The van der Waals surface area contributed by atoms with Crippen molar-refractivity contribution in [1.82, 2.24) is 29.6 Å². The van der Waals surface area contributed by atoms with Gasteiger partial charge in [-0.3, -0.25) is 4.79 Å². The minimum absolute atomic E-state index is 0.146. The number of ether oxygens (including phenoxy) is 1. The first-order valence-corrected chi connectivity index (χ1v) is 10.7. The minimum Gasteiger partial charge on any atom is -0.378 e. The maximum atomic E-state index is 13.0. The summed E-state index contributed by atoms with van der Waals surface area (Å²) in [5.41, 5.74) is 4.69. The van der Waals surface area contributed by atoms with Gasteiger partial charge in [0.1, 0.15) is 5.39 Å². The molecule has 1 aromatic carbocycles. The molecule has 0 aliphatic carbocycles. The largest absolute Gasteiger partial charge is 0.378 e. The highest BCUT2D eigenvalue weighted by molar-refractivity contribution is 5.77. The molecule has 5 rings (SSSR count). The van der Waals surface area contributed by atoms with Crippen LogP contribution < -0.4 is 16.2 Å². The van der Waals surface area contributed by atoms with Gasteiger partial charge in [0.05, 0.1) is 12.3 Å². The number of hydrogen-bond acceptors (Lipinski definition) is 7. The van der Waals surface area contributed by atoms with Crippen LogP contribution in [0.3, 0.4) is 0 Å². The van der Waals surface area contributed by atoms with Crippen molar-refractivity contribution in [2.24, 2.45) is 0 Å². The zero-order chi connectivity index (χ0) is 22.1. The molecule has 0 spiro atoms. The van der Waals surface area contributed by atoms with Gasteiger partial charge in [-0.15, -0.1) is 0 Å². The van der Waals surface area contributed by atoms with Crippen molar-refractivity contribution in [1.29, 1.82) is 0 Å². The number of aromatic nitrogens is 5. The second-order valence-corrected chi connectivity index (χ2v) is 7.72.